The van der Waals surface area contributed by atoms with Crippen molar-refractivity contribution in [2.75, 3.05) is 40.3 Å². The van der Waals surface area contributed by atoms with Gasteiger partial charge in [0.25, 0.3) is 0 Å². The van der Waals surface area contributed by atoms with Crippen LogP contribution in [0.5, 0.6) is 11.5 Å². The van der Waals surface area contributed by atoms with Crippen LogP contribution in [-0.2, 0) is 0 Å². The van der Waals surface area contributed by atoms with Crippen LogP contribution in [0, 0.1) is 0 Å². The van der Waals surface area contributed by atoms with Gasteiger partial charge in [-0.05, 0) is 18.7 Å². The predicted octanol–water partition coefficient (Wildman–Crippen LogP) is 3.89. The second-order valence-electron chi connectivity index (χ2n) is 7.21. The summed E-state index contributed by atoms with van der Waals surface area (Å²) in [7, 11) is 3.82. The maximum absolute atomic E-state index is 11.2. The highest BCUT2D eigenvalue weighted by Crippen LogP contribution is 2.40. The van der Waals surface area contributed by atoms with Gasteiger partial charge in [0.05, 0.1) is 13.2 Å². The molecule has 0 aromatic heterocycles. The molecule has 4 nitrogen and oxygen atoms in total. The third-order valence-electron chi connectivity index (χ3n) is 5.56. The summed E-state index contributed by atoms with van der Waals surface area (Å²) < 4.78 is 5.47. The molecule has 4 rings (SSSR count). The molecular formula is C23H26N2O2. The van der Waals surface area contributed by atoms with Crippen LogP contribution in [0.3, 0.4) is 0 Å². The number of methoxy groups -OCH3 is 1. The minimum atomic E-state index is 0.0375. The molecule has 0 amide bonds. The number of ether oxygens (including phenoxy) is 1. The molecule has 3 aromatic rings. The molecule has 0 spiro atoms. The summed E-state index contributed by atoms with van der Waals surface area (Å²) in [6.07, 6.45) is 0. The van der Waals surface area contributed by atoms with Crippen molar-refractivity contribution >= 4 is 10.8 Å². The quantitative estimate of drug-likeness (QED) is 0.764. The summed E-state index contributed by atoms with van der Waals surface area (Å²) in [5, 5.41) is 13.0. The van der Waals surface area contributed by atoms with E-state index in [0.717, 1.165) is 48.3 Å². The van der Waals surface area contributed by atoms with E-state index in [9.17, 15) is 5.11 Å². The zero-order valence-corrected chi connectivity index (χ0v) is 15.9. The van der Waals surface area contributed by atoms with Crippen LogP contribution < -0.4 is 4.74 Å². The first-order valence-electron chi connectivity index (χ1n) is 9.45. The Morgan fingerprint density at radius 1 is 0.852 bits per heavy atom. The average molecular weight is 362 g/mol. The first-order chi connectivity index (χ1) is 13.2. The number of piperazine rings is 1. The largest absolute Gasteiger partial charge is 0.507 e. The van der Waals surface area contributed by atoms with Crippen molar-refractivity contribution in [3.8, 4) is 11.5 Å². The van der Waals surface area contributed by atoms with Gasteiger partial charge in [0.15, 0.2) is 0 Å². The van der Waals surface area contributed by atoms with E-state index in [4.69, 9.17) is 4.74 Å². The number of rotatable bonds is 4. The van der Waals surface area contributed by atoms with Gasteiger partial charge < -0.3 is 14.7 Å². The Labute approximate surface area is 160 Å². The van der Waals surface area contributed by atoms with Crippen molar-refractivity contribution < 1.29 is 9.84 Å². The van der Waals surface area contributed by atoms with Crippen molar-refractivity contribution in [3.63, 3.8) is 0 Å². The van der Waals surface area contributed by atoms with Crippen LogP contribution in [0.15, 0.2) is 60.7 Å². The molecule has 0 unspecified atom stereocenters. The first-order valence-corrected chi connectivity index (χ1v) is 9.45. The van der Waals surface area contributed by atoms with Gasteiger partial charge in [-0.2, -0.15) is 0 Å². The van der Waals surface area contributed by atoms with Gasteiger partial charge in [0.1, 0.15) is 11.5 Å². The van der Waals surface area contributed by atoms with Crippen LogP contribution >= 0.6 is 0 Å². The Morgan fingerprint density at radius 3 is 2.30 bits per heavy atom. The number of aromatic hydroxyl groups is 1. The van der Waals surface area contributed by atoms with Gasteiger partial charge in [0.2, 0.25) is 0 Å². The maximum atomic E-state index is 11.2. The standard InChI is InChI=1S/C23H26N2O2/c1-24-13-15-25(16-14-24)22(17-7-4-3-5-8-17)20-12-11-18-19(23(20)26)9-6-10-21(18)27-2/h3-12,22,26H,13-16H2,1-2H3/t22-/m0/s1. The van der Waals surface area contributed by atoms with Crippen LogP contribution in [0.1, 0.15) is 17.2 Å². The van der Waals surface area contributed by atoms with Gasteiger partial charge in [-0.15, -0.1) is 0 Å². The summed E-state index contributed by atoms with van der Waals surface area (Å²) in [6, 6.07) is 20.4. The minimum Gasteiger partial charge on any atom is -0.507 e. The number of phenols is 1. The van der Waals surface area contributed by atoms with E-state index in [0.29, 0.717) is 5.75 Å². The van der Waals surface area contributed by atoms with Crippen LogP contribution in [0.25, 0.3) is 10.8 Å². The van der Waals surface area contributed by atoms with E-state index in [1.165, 1.54) is 5.56 Å². The van der Waals surface area contributed by atoms with Crippen LogP contribution in [0.2, 0.25) is 0 Å². The summed E-state index contributed by atoms with van der Waals surface area (Å²) in [5.74, 6) is 1.13. The molecule has 0 saturated carbocycles. The molecule has 1 saturated heterocycles. The van der Waals surface area contributed by atoms with Crippen molar-refractivity contribution in [2.24, 2.45) is 0 Å². The minimum absolute atomic E-state index is 0.0375. The fraction of sp³-hybridized carbons (Fsp3) is 0.304. The van der Waals surface area contributed by atoms with Crippen molar-refractivity contribution in [2.45, 2.75) is 6.04 Å². The monoisotopic (exact) mass is 362 g/mol. The molecule has 0 bridgehead atoms. The maximum Gasteiger partial charge on any atom is 0.128 e. The molecule has 1 N–H and O–H groups in total. The van der Waals surface area contributed by atoms with E-state index in [1.807, 2.05) is 24.3 Å². The van der Waals surface area contributed by atoms with E-state index < -0.39 is 0 Å². The van der Waals surface area contributed by atoms with Crippen molar-refractivity contribution in [1.82, 2.24) is 9.80 Å². The lowest BCUT2D eigenvalue weighted by Crippen LogP contribution is -2.46. The molecular weight excluding hydrogens is 336 g/mol. The molecule has 1 fully saturated rings. The predicted molar refractivity (Wildman–Crippen MR) is 110 cm³/mol. The number of fused-ring (bicyclic) bond motifs is 1. The number of phenolic OH excluding ortho intramolecular Hbond substituents is 1. The second kappa shape index (κ2) is 7.59. The second-order valence-corrected chi connectivity index (χ2v) is 7.21. The summed E-state index contributed by atoms with van der Waals surface area (Å²) in [6.45, 7) is 4.02. The smallest absolute Gasteiger partial charge is 0.128 e. The molecule has 4 heteroatoms. The number of hydrogen-bond acceptors (Lipinski definition) is 4. The zero-order valence-electron chi connectivity index (χ0n) is 15.9. The van der Waals surface area contributed by atoms with Crippen LogP contribution in [0.4, 0.5) is 0 Å². The molecule has 27 heavy (non-hydrogen) atoms. The number of likely N-dealkylation sites (N-methyl/N-ethyl adjacent to an activating group) is 1. The highest BCUT2D eigenvalue weighted by Gasteiger charge is 2.28. The fourth-order valence-electron chi connectivity index (χ4n) is 4.03. The molecule has 1 heterocycles. The van der Waals surface area contributed by atoms with Crippen molar-refractivity contribution in [1.29, 1.82) is 0 Å². The summed E-state index contributed by atoms with van der Waals surface area (Å²) in [4.78, 5) is 4.82. The third-order valence-corrected chi connectivity index (χ3v) is 5.56. The highest BCUT2D eigenvalue weighted by atomic mass is 16.5. The SMILES string of the molecule is COc1cccc2c(O)c([C@H](c3ccccc3)N3CCN(C)CC3)ccc12. The highest BCUT2D eigenvalue weighted by molar-refractivity contribution is 5.94. The lowest BCUT2D eigenvalue weighted by atomic mass is 9.93. The lowest BCUT2D eigenvalue weighted by molar-refractivity contribution is 0.126. The number of benzene rings is 3. The van der Waals surface area contributed by atoms with Gasteiger partial charge >= 0.3 is 0 Å². The summed E-state index contributed by atoms with van der Waals surface area (Å²) >= 11 is 0. The van der Waals surface area contributed by atoms with Crippen LogP contribution in [-0.4, -0.2) is 55.2 Å². The molecule has 0 aliphatic carbocycles. The first kappa shape index (κ1) is 17.8. The Morgan fingerprint density at radius 2 is 1.59 bits per heavy atom. The van der Waals surface area contributed by atoms with Gasteiger partial charge in [0, 0.05) is 42.5 Å². The van der Waals surface area contributed by atoms with E-state index in [-0.39, 0.29) is 6.04 Å². The van der Waals surface area contributed by atoms with Gasteiger partial charge in [-0.1, -0.05) is 54.6 Å². The molecule has 3 aromatic carbocycles. The Bertz CT molecular complexity index is 918. The number of nitrogens with zero attached hydrogens (tertiary/aromatic N) is 2. The third kappa shape index (κ3) is 3.38. The lowest BCUT2D eigenvalue weighted by Gasteiger charge is -2.38. The Balaban J connectivity index is 1.84. The van der Waals surface area contributed by atoms with E-state index in [2.05, 4.69) is 53.2 Å². The molecule has 140 valence electrons. The molecule has 1 atom stereocenters. The van der Waals surface area contributed by atoms with E-state index in [1.54, 1.807) is 7.11 Å². The normalized spacial score (nSPS) is 17.1. The van der Waals surface area contributed by atoms with Gasteiger partial charge in [-0.25, -0.2) is 0 Å². The Hall–Kier alpha value is -2.56. The van der Waals surface area contributed by atoms with Gasteiger partial charge in [-0.3, -0.25) is 4.90 Å². The topological polar surface area (TPSA) is 35.9 Å². The van der Waals surface area contributed by atoms with E-state index >= 15 is 0 Å². The molecule has 0 radical (unpaired) electrons. The molecule has 1 aliphatic rings. The average Bonchev–Trinajstić information content (AvgIpc) is 2.72. The zero-order chi connectivity index (χ0) is 18.8. The fourth-order valence-corrected chi connectivity index (χ4v) is 4.03. The Kier molecular flexibility index (Phi) is 5.01. The number of hydrogen-bond donors (Lipinski definition) is 1. The van der Waals surface area contributed by atoms with Crippen molar-refractivity contribution in [3.05, 3.63) is 71.8 Å². The molecule has 1 aliphatic heterocycles. The summed E-state index contributed by atoms with van der Waals surface area (Å²) in [5.41, 5.74) is 2.16.